The van der Waals surface area contributed by atoms with E-state index >= 15 is 0 Å². The molecule has 18 heavy (non-hydrogen) atoms. The van der Waals surface area contributed by atoms with Crippen LogP contribution in [0, 0.1) is 17.3 Å². The first-order valence-corrected chi connectivity index (χ1v) is 6.45. The molecule has 0 aliphatic heterocycles. The van der Waals surface area contributed by atoms with Crippen molar-refractivity contribution in [2.45, 2.75) is 13.8 Å². The first-order chi connectivity index (χ1) is 8.34. The molecule has 2 nitrogen and oxygen atoms in total. The van der Waals surface area contributed by atoms with E-state index in [4.69, 9.17) is 28.3 Å². The Kier molecular flexibility index (Phi) is 3.43. The van der Waals surface area contributed by atoms with Crippen molar-refractivity contribution in [2.24, 2.45) is 17.3 Å². The summed E-state index contributed by atoms with van der Waals surface area (Å²) in [5, 5.41) is 10.3. The lowest BCUT2D eigenvalue weighted by molar-refractivity contribution is -0.139. The van der Waals surface area contributed by atoms with Crippen LogP contribution in [0.4, 0.5) is 0 Å². The van der Waals surface area contributed by atoms with E-state index in [1.807, 2.05) is 32.1 Å². The van der Waals surface area contributed by atoms with Crippen LogP contribution >= 0.6 is 23.2 Å². The summed E-state index contributed by atoms with van der Waals surface area (Å²) in [6, 6.07) is 7.18. The van der Waals surface area contributed by atoms with Crippen molar-refractivity contribution in [3.8, 4) is 0 Å². The average Bonchev–Trinajstić information content (AvgIpc) is 2.81. The fourth-order valence-electron chi connectivity index (χ4n) is 2.32. The maximum atomic E-state index is 11.1. The van der Waals surface area contributed by atoms with Gasteiger partial charge in [-0.3, -0.25) is 4.79 Å². The van der Waals surface area contributed by atoms with Gasteiger partial charge in [-0.25, -0.2) is 0 Å². The Morgan fingerprint density at radius 2 is 1.89 bits per heavy atom. The highest BCUT2D eigenvalue weighted by Gasteiger charge is 2.60. The third-order valence-corrected chi connectivity index (χ3v) is 4.22. The van der Waals surface area contributed by atoms with Crippen LogP contribution in [0.15, 0.2) is 30.3 Å². The molecule has 0 radical (unpaired) electrons. The van der Waals surface area contributed by atoms with Crippen LogP contribution < -0.4 is 0 Å². The number of carboxylic acid groups (broad SMARTS) is 1. The molecule has 0 heterocycles. The molecule has 1 fully saturated rings. The second kappa shape index (κ2) is 4.60. The molecule has 1 N–H and O–H groups in total. The van der Waals surface area contributed by atoms with Gasteiger partial charge in [0.2, 0.25) is 0 Å². The average molecular weight is 285 g/mol. The third-order valence-electron chi connectivity index (χ3n) is 3.62. The highest BCUT2D eigenvalue weighted by Crippen LogP contribution is 2.59. The first-order valence-electron chi connectivity index (χ1n) is 5.70. The molecule has 96 valence electrons. The molecule has 1 aliphatic rings. The van der Waals surface area contributed by atoms with E-state index in [-0.39, 0.29) is 17.3 Å². The van der Waals surface area contributed by atoms with Gasteiger partial charge in [-0.15, -0.1) is 0 Å². The van der Waals surface area contributed by atoms with Crippen LogP contribution in [0.5, 0.6) is 0 Å². The molecule has 4 heteroatoms. The summed E-state index contributed by atoms with van der Waals surface area (Å²) in [6.07, 6.45) is 1.84. The summed E-state index contributed by atoms with van der Waals surface area (Å²) in [5.41, 5.74) is 0.631. The molecule has 0 saturated heterocycles. The van der Waals surface area contributed by atoms with Crippen molar-refractivity contribution in [3.63, 3.8) is 0 Å². The lowest BCUT2D eigenvalue weighted by Crippen LogP contribution is -2.03. The van der Waals surface area contributed by atoms with Crippen molar-refractivity contribution >= 4 is 34.2 Å². The Balaban J connectivity index is 2.20. The van der Waals surface area contributed by atoms with E-state index in [9.17, 15) is 4.79 Å². The van der Waals surface area contributed by atoms with Gasteiger partial charge in [-0.2, -0.15) is 0 Å². The third kappa shape index (κ3) is 2.40. The lowest BCUT2D eigenvalue weighted by atomic mass is 10.1. The van der Waals surface area contributed by atoms with Gasteiger partial charge in [0.1, 0.15) is 0 Å². The van der Waals surface area contributed by atoms with E-state index in [2.05, 4.69) is 0 Å². The molecule has 0 unspecified atom stereocenters. The summed E-state index contributed by atoms with van der Waals surface area (Å²) in [4.78, 5) is 11.1. The molecule has 2 rings (SSSR count). The Morgan fingerprint density at radius 1 is 1.33 bits per heavy atom. The number of halogens is 2. The highest BCUT2D eigenvalue weighted by molar-refractivity contribution is 6.48. The summed E-state index contributed by atoms with van der Waals surface area (Å²) in [5.74, 6) is -1.13. The molecule has 0 spiro atoms. The van der Waals surface area contributed by atoms with E-state index in [0.29, 0.717) is 10.1 Å². The zero-order valence-electron chi connectivity index (χ0n) is 10.2. The summed E-state index contributed by atoms with van der Waals surface area (Å²) < 4.78 is 0. The zero-order valence-corrected chi connectivity index (χ0v) is 11.7. The fourth-order valence-corrected chi connectivity index (χ4v) is 2.71. The van der Waals surface area contributed by atoms with E-state index in [1.54, 1.807) is 12.1 Å². The standard InChI is InChI=1S/C14H14Cl2O2/c1-14(2)10(12(14)13(17)18)7-11(16)8-3-5-9(15)6-4-8/h3-7,10,12H,1-2H3,(H,17,18)/b11-7-/t10-,12+/m1/s1. The maximum absolute atomic E-state index is 11.1. The van der Waals surface area contributed by atoms with Gasteiger partial charge in [0.15, 0.2) is 0 Å². The van der Waals surface area contributed by atoms with Crippen LogP contribution in [0.1, 0.15) is 19.4 Å². The molecule has 1 aromatic carbocycles. The number of hydrogen-bond acceptors (Lipinski definition) is 1. The molecular weight excluding hydrogens is 271 g/mol. The Hall–Kier alpha value is -0.990. The molecule has 1 saturated carbocycles. The Labute approximate surface area is 116 Å². The van der Waals surface area contributed by atoms with Crippen molar-refractivity contribution < 1.29 is 9.90 Å². The van der Waals surface area contributed by atoms with Crippen molar-refractivity contribution in [2.75, 3.05) is 0 Å². The van der Waals surface area contributed by atoms with Crippen LogP contribution in [0.25, 0.3) is 5.03 Å². The fraction of sp³-hybridized carbons (Fsp3) is 0.357. The van der Waals surface area contributed by atoms with Crippen LogP contribution in [-0.4, -0.2) is 11.1 Å². The van der Waals surface area contributed by atoms with Gasteiger partial charge < -0.3 is 5.11 Å². The number of rotatable bonds is 3. The van der Waals surface area contributed by atoms with Crippen molar-refractivity contribution in [3.05, 3.63) is 40.9 Å². The molecule has 0 bridgehead atoms. The number of hydrogen-bond donors (Lipinski definition) is 1. The van der Waals surface area contributed by atoms with Gasteiger partial charge in [-0.05, 0) is 29.0 Å². The molecule has 0 amide bonds. The quantitative estimate of drug-likeness (QED) is 0.900. The van der Waals surface area contributed by atoms with E-state index < -0.39 is 5.97 Å². The number of carboxylic acids is 1. The van der Waals surface area contributed by atoms with Gasteiger partial charge in [0.05, 0.1) is 5.92 Å². The van der Waals surface area contributed by atoms with E-state index in [0.717, 1.165) is 5.56 Å². The molecular formula is C14H14Cl2O2. The molecule has 0 aromatic heterocycles. The van der Waals surface area contributed by atoms with Gasteiger partial charge in [0, 0.05) is 10.1 Å². The summed E-state index contributed by atoms with van der Waals surface area (Å²) in [7, 11) is 0. The molecule has 2 atom stereocenters. The maximum Gasteiger partial charge on any atom is 0.307 e. The normalized spacial score (nSPS) is 25.9. The first kappa shape index (κ1) is 13.4. The smallest absolute Gasteiger partial charge is 0.307 e. The zero-order chi connectivity index (χ0) is 13.5. The molecule has 1 aliphatic carbocycles. The number of aliphatic carboxylic acids is 1. The minimum Gasteiger partial charge on any atom is -0.481 e. The lowest BCUT2D eigenvalue weighted by Gasteiger charge is -2.01. The predicted molar refractivity (Wildman–Crippen MR) is 73.7 cm³/mol. The number of carbonyl (C=O) groups is 1. The topological polar surface area (TPSA) is 37.3 Å². The predicted octanol–water partition coefficient (Wildman–Crippen LogP) is 4.28. The van der Waals surface area contributed by atoms with Crippen molar-refractivity contribution in [1.29, 1.82) is 0 Å². The van der Waals surface area contributed by atoms with Gasteiger partial charge in [-0.1, -0.05) is 55.3 Å². The molecule has 1 aromatic rings. The highest BCUT2D eigenvalue weighted by atomic mass is 35.5. The summed E-state index contributed by atoms with van der Waals surface area (Å²) >= 11 is 12.0. The van der Waals surface area contributed by atoms with Gasteiger partial charge in [0.25, 0.3) is 0 Å². The van der Waals surface area contributed by atoms with Gasteiger partial charge >= 0.3 is 5.97 Å². The minimum absolute atomic E-state index is 0.0156. The monoisotopic (exact) mass is 284 g/mol. The Bertz CT molecular complexity index is 503. The van der Waals surface area contributed by atoms with Crippen LogP contribution in [0.3, 0.4) is 0 Å². The second-order valence-electron chi connectivity index (χ2n) is 5.18. The Morgan fingerprint density at radius 3 is 2.33 bits per heavy atom. The van der Waals surface area contributed by atoms with Crippen LogP contribution in [-0.2, 0) is 4.79 Å². The summed E-state index contributed by atoms with van der Waals surface area (Å²) in [6.45, 7) is 3.89. The van der Waals surface area contributed by atoms with Crippen molar-refractivity contribution in [1.82, 2.24) is 0 Å². The van der Waals surface area contributed by atoms with Crippen LogP contribution in [0.2, 0.25) is 5.02 Å². The van der Waals surface area contributed by atoms with E-state index in [1.165, 1.54) is 0 Å². The number of benzene rings is 1. The SMILES string of the molecule is CC1(C)[C@H](/C=C(\Cl)c2ccc(Cl)cc2)[C@H]1C(=O)O. The largest absolute Gasteiger partial charge is 0.481 e. The number of allylic oxidation sites excluding steroid dienone is 1. The minimum atomic E-state index is -0.762. The second-order valence-corrected chi connectivity index (χ2v) is 6.03.